The maximum absolute atomic E-state index is 13.1. The number of amides is 1. The molecule has 1 aromatic carbocycles. The van der Waals surface area contributed by atoms with E-state index in [2.05, 4.69) is 67.2 Å². The lowest BCUT2D eigenvalue weighted by atomic mass is 9.69. The molecule has 2 aliphatic rings. The minimum Gasteiger partial charge on any atom is -0.348 e. The average Bonchev–Trinajstić information content (AvgIpc) is 2.69. The zero-order valence-electron chi connectivity index (χ0n) is 18.3. The van der Waals surface area contributed by atoms with E-state index >= 15 is 0 Å². The molecule has 1 unspecified atom stereocenters. The highest BCUT2D eigenvalue weighted by Gasteiger charge is 2.33. The van der Waals surface area contributed by atoms with Crippen LogP contribution in [0.3, 0.4) is 0 Å². The molecule has 0 bridgehead atoms. The van der Waals surface area contributed by atoms with Crippen LogP contribution in [0.15, 0.2) is 30.3 Å². The molecule has 1 aliphatic heterocycles. The SMILES string of the molecule is CN1CCN(CC(NC(=O)C2CCC(C(C)(C)C)CC2)c2ccccc2)CC1. The van der Waals surface area contributed by atoms with Crippen molar-refractivity contribution in [2.45, 2.75) is 52.5 Å². The van der Waals surface area contributed by atoms with Crippen molar-refractivity contribution in [3.63, 3.8) is 0 Å². The molecule has 2 fully saturated rings. The average molecular weight is 386 g/mol. The Morgan fingerprint density at radius 2 is 1.64 bits per heavy atom. The normalized spacial score (nSPS) is 26.0. The lowest BCUT2D eigenvalue weighted by Crippen LogP contribution is -2.48. The van der Waals surface area contributed by atoms with E-state index in [1.165, 1.54) is 18.4 Å². The molecule has 1 atom stereocenters. The van der Waals surface area contributed by atoms with Crippen LogP contribution in [0.1, 0.15) is 58.1 Å². The predicted molar refractivity (Wildman–Crippen MR) is 116 cm³/mol. The van der Waals surface area contributed by atoms with Gasteiger partial charge < -0.3 is 10.2 Å². The Morgan fingerprint density at radius 3 is 2.21 bits per heavy atom. The second kappa shape index (κ2) is 9.41. The number of carbonyl (C=O) groups is 1. The Balaban J connectivity index is 1.60. The summed E-state index contributed by atoms with van der Waals surface area (Å²) >= 11 is 0. The fourth-order valence-electron chi connectivity index (χ4n) is 4.72. The van der Waals surface area contributed by atoms with Gasteiger partial charge in [0, 0.05) is 38.6 Å². The molecule has 1 heterocycles. The van der Waals surface area contributed by atoms with E-state index < -0.39 is 0 Å². The number of nitrogens with one attached hydrogen (secondary N) is 1. The van der Waals surface area contributed by atoms with Gasteiger partial charge in [0.05, 0.1) is 6.04 Å². The molecule has 0 radical (unpaired) electrons. The molecule has 1 saturated heterocycles. The van der Waals surface area contributed by atoms with Crippen LogP contribution in [0.2, 0.25) is 0 Å². The third-order valence-corrected chi connectivity index (χ3v) is 6.88. The van der Waals surface area contributed by atoms with Crippen molar-refractivity contribution >= 4 is 5.91 Å². The van der Waals surface area contributed by atoms with Gasteiger partial charge in [0.25, 0.3) is 0 Å². The standard InChI is InChI=1S/C24H39N3O/c1-24(2,3)21-12-10-20(11-13-21)23(28)25-22(19-8-6-5-7-9-19)18-27-16-14-26(4)15-17-27/h5-9,20-22H,10-18H2,1-4H3,(H,25,28). The summed E-state index contributed by atoms with van der Waals surface area (Å²) in [6, 6.07) is 10.6. The molecule has 28 heavy (non-hydrogen) atoms. The number of benzene rings is 1. The number of nitrogens with zero attached hydrogens (tertiary/aromatic N) is 2. The fourth-order valence-corrected chi connectivity index (χ4v) is 4.72. The number of likely N-dealkylation sites (N-methyl/N-ethyl adjacent to an activating group) is 1. The van der Waals surface area contributed by atoms with Gasteiger partial charge in [-0.25, -0.2) is 0 Å². The van der Waals surface area contributed by atoms with Crippen LogP contribution in [0.25, 0.3) is 0 Å². The molecule has 1 saturated carbocycles. The van der Waals surface area contributed by atoms with Crippen LogP contribution < -0.4 is 5.32 Å². The van der Waals surface area contributed by atoms with Gasteiger partial charge in [-0.05, 0) is 49.6 Å². The van der Waals surface area contributed by atoms with Crippen molar-refractivity contribution in [2.75, 3.05) is 39.8 Å². The molecular formula is C24H39N3O. The molecule has 1 N–H and O–H groups in total. The summed E-state index contributed by atoms with van der Waals surface area (Å²) in [5.74, 6) is 1.18. The zero-order chi connectivity index (χ0) is 20.1. The Kier molecular flexibility index (Phi) is 7.16. The highest BCUT2D eigenvalue weighted by molar-refractivity contribution is 5.79. The number of hydrogen-bond donors (Lipinski definition) is 1. The van der Waals surface area contributed by atoms with Crippen molar-refractivity contribution in [3.05, 3.63) is 35.9 Å². The number of rotatable bonds is 5. The monoisotopic (exact) mass is 385 g/mol. The second-order valence-electron chi connectivity index (χ2n) is 9.99. The molecule has 1 aliphatic carbocycles. The van der Waals surface area contributed by atoms with Crippen LogP contribution in [0.4, 0.5) is 0 Å². The minimum absolute atomic E-state index is 0.0810. The Hall–Kier alpha value is -1.39. The molecule has 4 heteroatoms. The molecule has 0 aromatic heterocycles. The first-order valence-corrected chi connectivity index (χ1v) is 11.1. The third kappa shape index (κ3) is 5.81. The molecular weight excluding hydrogens is 346 g/mol. The Morgan fingerprint density at radius 1 is 1.04 bits per heavy atom. The van der Waals surface area contributed by atoms with Gasteiger partial charge in [-0.3, -0.25) is 9.69 Å². The van der Waals surface area contributed by atoms with Crippen molar-refractivity contribution in [1.29, 1.82) is 0 Å². The Bertz CT molecular complexity index is 608. The van der Waals surface area contributed by atoms with Crippen molar-refractivity contribution < 1.29 is 4.79 Å². The van der Waals surface area contributed by atoms with Crippen molar-refractivity contribution in [2.24, 2.45) is 17.3 Å². The van der Waals surface area contributed by atoms with Crippen molar-refractivity contribution in [3.8, 4) is 0 Å². The Labute approximate surface area is 171 Å². The maximum atomic E-state index is 13.1. The largest absolute Gasteiger partial charge is 0.348 e. The van der Waals surface area contributed by atoms with Crippen LogP contribution >= 0.6 is 0 Å². The van der Waals surface area contributed by atoms with Crippen LogP contribution in [0.5, 0.6) is 0 Å². The van der Waals surface area contributed by atoms with E-state index in [1.54, 1.807) is 0 Å². The molecule has 1 aromatic rings. The third-order valence-electron chi connectivity index (χ3n) is 6.88. The van der Waals surface area contributed by atoms with Gasteiger partial charge >= 0.3 is 0 Å². The van der Waals surface area contributed by atoms with E-state index in [1.807, 2.05) is 6.07 Å². The van der Waals surface area contributed by atoms with E-state index in [9.17, 15) is 4.79 Å². The first kappa shape index (κ1) is 21.3. The fraction of sp³-hybridized carbons (Fsp3) is 0.708. The van der Waals surface area contributed by atoms with Gasteiger partial charge in [0.1, 0.15) is 0 Å². The lowest BCUT2D eigenvalue weighted by Gasteiger charge is -2.38. The summed E-state index contributed by atoms with van der Waals surface area (Å²) in [7, 11) is 2.18. The quantitative estimate of drug-likeness (QED) is 0.834. The van der Waals surface area contributed by atoms with Crippen LogP contribution in [-0.2, 0) is 4.79 Å². The number of carbonyl (C=O) groups excluding carboxylic acids is 1. The van der Waals surface area contributed by atoms with E-state index in [0.717, 1.165) is 51.5 Å². The highest BCUT2D eigenvalue weighted by atomic mass is 16.1. The molecule has 0 spiro atoms. The van der Waals surface area contributed by atoms with Gasteiger partial charge in [0.15, 0.2) is 0 Å². The zero-order valence-corrected chi connectivity index (χ0v) is 18.3. The van der Waals surface area contributed by atoms with E-state index in [0.29, 0.717) is 5.41 Å². The molecule has 4 nitrogen and oxygen atoms in total. The van der Waals surface area contributed by atoms with Crippen LogP contribution in [0, 0.1) is 17.3 Å². The van der Waals surface area contributed by atoms with Crippen molar-refractivity contribution in [1.82, 2.24) is 15.1 Å². The first-order valence-electron chi connectivity index (χ1n) is 11.1. The lowest BCUT2D eigenvalue weighted by molar-refractivity contribution is -0.127. The molecule has 156 valence electrons. The summed E-state index contributed by atoms with van der Waals surface area (Å²) in [6.07, 6.45) is 4.42. The van der Waals surface area contributed by atoms with Gasteiger partial charge in [-0.2, -0.15) is 0 Å². The summed E-state index contributed by atoms with van der Waals surface area (Å²) in [5.41, 5.74) is 1.58. The van der Waals surface area contributed by atoms with Crippen LogP contribution in [-0.4, -0.2) is 55.5 Å². The van der Waals surface area contributed by atoms with E-state index in [-0.39, 0.29) is 17.9 Å². The van der Waals surface area contributed by atoms with Gasteiger partial charge in [0.2, 0.25) is 5.91 Å². The summed E-state index contributed by atoms with van der Waals surface area (Å²) in [5, 5.41) is 3.42. The topological polar surface area (TPSA) is 35.6 Å². The first-order chi connectivity index (χ1) is 13.3. The molecule has 3 rings (SSSR count). The van der Waals surface area contributed by atoms with E-state index in [4.69, 9.17) is 0 Å². The number of piperazine rings is 1. The maximum Gasteiger partial charge on any atom is 0.223 e. The summed E-state index contributed by atoms with van der Waals surface area (Å²) in [6.45, 7) is 12.3. The van der Waals surface area contributed by atoms with Gasteiger partial charge in [-0.15, -0.1) is 0 Å². The highest BCUT2D eigenvalue weighted by Crippen LogP contribution is 2.40. The minimum atomic E-state index is 0.0810. The smallest absolute Gasteiger partial charge is 0.223 e. The number of hydrogen-bond acceptors (Lipinski definition) is 3. The summed E-state index contributed by atoms with van der Waals surface area (Å²) < 4.78 is 0. The van der Waals surface area contributed by atoms with Gasteiger partial charge in [-0.1, -0.05) is 51.1 Å². The molecule has 1 amide bonds. The second-order valence-corrected chi connectivity index (χ2v) is 9.99. The predicted octanol–water partition coefficient (Wildman–Crippen LogP) is 3.94. The summed E-state index contributed by atoms with van der Waals surface area (Å²) in [4.78, 5) is 18.0.